The first-order valence-corrected chi connectivity index (χ1v) is 10.7. The molecule has 0 aliphatic carbocycles. The third-order valence-electron chi connectivity index (χ3n) is 5.60. The van der Waals surface area contributed by atoms with Crippen LogP contribution in [0.3, 0.4) is 0 Å². The molecular formula is C23H25FN6O3. The standard InChI is InChI=1S/C23H25FN6O3/c1-14(2)32-23(31)29-9-7-15(8-10-29)22-27-19-12-17(4-6-21(19)33-22)16-3-5-20(18(24)11-16)30(13-25)28-26/h3-6,11-15,25-26H,7-10H2,1-2H3. The van der Waals surface area contributed by atoms with Gasteiger partial charge in [0.1, 0.15) is 23.4 Å². The number of rotatable bonds is 6. The van der Waals surface area contributed by atoms with Crippen molar-refractivity contribution in [3.05, 3.63) is 48.1 Å². The highest BCUT2D eigenvalue weighted by Crippen LogP contribution is 2.33. The molecule has 33 heavy (non-hydrogen) atoms. The van der Waals surface area contributed by atoms with E-state index in [1.165, 1.54) is 12.1 Å². The van der Waals surface area contributed by atoms with Crippen LogP contribution < -0.4 is 5.01 Å². The molecule has 1 aliphatic heterocycles. The number of hydrogen-bond donors (Lipinski definition) is 2. The summed E-state index contributed by atoms with van der Waals surface area (Å²) in [6, 6.07) is 10.0. The van der Waals surface area contributed by atoms with Gasteiger partial charge >= 0.3 is 6.09 Å². The average Bonchev–Trinajstić information content (AvgIpc) is 3.24. The molecule has 2 N–H and O–H groups in total. The van der Waals surface area contributed by atoms with E-state index >= 15 is 0 Å². The number of nitrogens with zero attached hydrogens (tertiary/aromatic N) is 4. The second kappa shape index (κ2) is 9.35. The molecule has 10 heteroatoms. The van der Waals surface area contributed by atoms with Gasteiger partial charge in [0, 0.05) is 19.0 Å². The largest absolute Gasteiger partial charge is 0.447 e. The van der Waals surface area contributed by atoms with Crippen molar-refractivity contribution in [2.24, 2.45) is 5.22 Å². The lowest BCUT2D eigenvalue weighted by Crippen LogP contribution is -2.39. The van der Waals surface area contributed by atoms with E-state index in [1.54, 1.807) is 11.0 Å². The van der Waals surface area contributed by atoms with Crippen molar-refractivity contribution in [2.45, 2.75) is 38.7 Å². The Labute approximate surface area is 190 Å². The van der Waals surface area contributed by atoms with Crippen molar-refractivity contribution >= 4 is 29.2 Å². The first kappa shape index (κ1) is 22.4. The number of benzene rings is 2. The first-order valence-electron chi connectivity index (χ1n) is 10.7. The maximum Gasteiger partial charge on any atom is 0.410 e. The third-order valence-corrected chi connectivity index (χ3v) is 5.60. The normalized spacial score (nSPS) is 14.5. The Hall–Kier alpha value is -3.82. The molecule has 9 nitrogen and oxygen atoms in total. The van der Waals surface area contributed by atoms with E-state index in [1.807, 2.05) is 32.0 Å². The molecule has 0 spiro atoms. The number of likely N-dealkylation sites (tertiary alicyclic amines) is 1. The molecule has 3 aromatic rings. The summed E-state index contributed by atoms with van der Waals surface area (Å²) in [7, 11) is 0. The van der Waals surface area contributed by atoms with E-state index < -0.39 is 5.82 Å². The van der Waals surface area contributed by atoms with Crippen LogP contribution in [0.15, 0.2) is 46.0 Å². The van der Waals surface area contributed by atoms with E-state index in [9.17, 15) is 9.18 Å². The molecule has 1 saturated heterocycles. The number of carbonyl (C=O) groups is 1. The van der Waals surface area contributed by atoms with Gasteiger partial charge in [0.15, 0.2) is 11.5 Å². The Kier molecular flexibility index (Phi) is 6.34. The quantitative estimate of drug-likeness (QED) is 0.215. The lowest BCUT2D eigenvalue weighted by molar-refractivity contribution is 0.0681. The van der Waals surface area contributed by atoms with Crippen LogP contribution in [0.4, 0.5) is 14.9 Å². The monoisotopic (exact) mass is 452 g/mol. The highest BCUT2D eigenvalue weighted by atomic mass is 19.1. The Balaban J connectivity index is 1.50. The van der Waals surface area contributed by atoms with Gasteiger partial charge in [-0.3, -0.25) is 5.41 Å². The number of fused-ring (bicyclic) bond motifs is 1. The first-order chi connectivity index (χ1) is 15.9. The highest BCUT2D eigenvalue weighted by Gasteiger charge is 2.28. The predicted molar refractivity (Wildman–Crippen MR) is 121 cm³/mol. The van der Waals surface area contributed by atoms with Crippen molar-refractivity contribution in [3.63, 3.8) is 0 Å². The fraction of sp³-hybridized carbons (Fsp3) is 0.348. The summed E-state index contributed by atoms with van der Waals surface area (Å²) in [4.78, 5) is 18.5. The SMILES string of the molecule is CC(C)OC(=O)N1CCC(c2nc3cc(-c4ccc(N(C=N)N=N)c(F)c4)ccc3o2)CC1. The number of anilines is 1. The molecule has 1 aliphatic rings. The van der Waals surface area contributed by atoms with Crippen LogP contribution in [0.5, 0.6) is 0 Å². The zero-order valence-corrected chi connectivity index (χ0v) is 18.4. The summed E-state index contributed by atoms with van der Waals surface area (Å²) in [5.41, 5.74) is 9.79. The maximum atomic E-state index is 14.5. The number of halogens is 1. The molecule has 0 radical (unpaired) electrons. The maximum absolute atomic E-state index is 14.5. The molecule has 0 saturated carbocycles. The lowest BCUT2D eigenvalue weighted by Gasteiger charge is -2.30. The third kappa shape index (κ3) is 4.69. The molecule has 0 bridgehead atoms. The number of amides is 1. The van der Waals surface area contributed by atoms with Crippen LogP contribution >= 0.6 is 0 Å². The Morgan fingerprint density at radius 2 is 1.97 bits per heavy atom. The van der Waals surface area contributed by atoms with Crippen LogP contribution in [0.1, 0.15) is 38.5 Å². The van der Waals surface area contributed by atoms with Crippen LogP contribution in [0.25, 0.3) is 22.2 Å². The van der Waals surface area contributed by atoms with Gasteiger partial charge in [-0.25, -0.2) is 19.2 Å². The minimum absolute atomic E-state index is 0.0252. The predicted octanol–water partition coefficient (Wildman–Crippen LogP) is 5.72. The van der Waals surface area contributed by atoms with E-state index in [0.717, 1.165) is 29.8 Å². The van der Waals surface area contributed by atoms with Gasteiger partial charge in [0.25, 0.3) is 0 Å². The molecule has 1 amide bonds. The summed E-state index contributed by atoms with van der Waals surface area (Å²) in [6.45, 7) is 4.84. The fourth-order valence-corrected chi connectivity index (χ4v) is 3.91. The van der Waals surface area contributed by atoms with E-state index in [-0.39, 0.29) is 23.8 Å². The second-order valence-corrected chi connectivity index (χ2v) is 8.17. The van der Waals surface area contributed by atoms with Crippen LogP contribution in [0.2, 0.25) is 0 Å². The summed E-state index contributed by atoms with van der Waals surface area (Å²) in [5, 5.41) is 11.2. The van der Waals surface area contributed by atoms with Crippen LogP contribution in [0, 0.1) is 16.8 Å². The topological polar surface area (TPSA) is 119 Å². The Bertz CT molecular complexity index is 1180. The molecule has 2 heterocycles. The summed E-state index contributed by atoms with van der Waals surface area (Å²) < 4.78 is 25.8. The molecule has 0 unspecified atom stereocenters. The molecule has 2 aromatic carbocycles. The minimum atomic E-state index is -0.587. The van der Waals surface area contributed by atoms with E-state index in [2.05, 4.69) is 10.2 Å². The van der Waals surface area contributed by atoms with Crippen molar-refractivity contribution in [2.75, 3.05) is 18.1 Å². The van der Waals surface area contributed by atoms with Crippen molar-refractivity contribution in [1.82, 2.24) is 9.88 Å². The van der Waals surface area contributed by atoms with E-state index in [0.29, 0.717) is 35.6 Å². The summed E-state index contributed by atoms with van der Waals surface area (Å²) >= 11 is 0. The molecule has 172 valence electrons. The van der Waals surface area contributed by atoms with Gasteiger partial charge < -0.3 is 14.1 Å². The molecule has 1 aromatic heterocycles. The van der Waals surface area contributed by atoms with Gasteiger partial charge in [-0.1, -0.05) is 17.4 Å². The van der Waals surface area contributed by atoms with Crippen molar-refractivity contribution < 1.29 is 18.3 Å². The molecule has 4 rings (SSSR count). The number of carbonyl (C=O) groups excluding carboxylic acids is 1. The lowest BCUT2D eigenvalue weighted by atomic mass is 9.97. The number of nitrogens with one attached hydrogen (secondary N) is 2. The Morgan fingerprint density at radius 3 is 2.61 bits per heavy atom. The molecule has 1 fully saturated rings. The zero-order chi connectivity index (χ0) is 23.5. The van der Waals surface area contributed by atoms with E-state index in [4.69, 9.17) is 20.1 Å². The fourth-order valence-electron chi connectivity index (χ4n) is 3.91. The van der Waals surface area contributed by atoms with Gasteiger partial charge in [-0.2, -0.15) is 5.53 Å². The van der Waals surface area contributed by atoms with Crippen molar-refractivity contribution in [3.8, 4) is 11.1 Å². The van der Waals surface area contributed by atoms with Crippen LogP contribution in [-0.4, -0.2) is 41.5 Å². The average molecular weight is 452 g/mol. The number of hydrogen-bond acceptors (Lipinski definition) is 7. The van der Waals surface area contributed by atoms with Gasteiger partial charge in [-0.15, -0.1) is 0 Å². The minimum Gasteiger partial charge on any atom is -0.447 e. The van der Waals surface area contributed by atoms with Crippen LogP contribution in [-0.2, 0) is 4.74 Å². The number of aromatic nitrogens is 1. The van der Waals surface area contributed by atoms with Gasteiger partial charge in [0.05, 0.1) is 6.10 Å². The van der Waals surface area contributed by atoms with Gasteiger partial charge in [0.2, 0.25) is 0 Å². The number of ether oxygens (including phenoxy) is 1. The highest BCUT2D eigenvalue weighted by molar-refractivity contribution is 5.82. The zero-order valence-electron chi connectivity index (χ0n) is 18.4. The van der Waals surface area contributed by atoms with Crippen molar-refractivity contribution in [1.29, 1.82) is 10.9 Å². The number of oxazole rings is 1. The smallest absolute Gasteiger partial charge is 0.410 e. The molecule has 0 atom stereocenters. The molecular weight excluding hydrogens is 427 g/mol. The summed E-state index contributed by atoms with van der Waals surface area (Å²) in [5.74, 6) is 0.163. The van der Waals surface area contributed by atoms with Gasteiger partial charge in [-0.05, 0) is 62.1 Å². The number of piperidine rings is 1. The second-order valence-electron chi connectivity index (χ2n) is 8.17. The summed E-state index contributed by atoms with van der Waals surface area (Å²) in [6.07, 6.45) is 1.82. The Morgan fingerprint density at radius 1 is 1.27 bits per heavy atom.